The van der Waals surface area contributed by atoms with Gasteiger partial charge in [-0.1, -0.05) is 22.0 Å². The maximum absolute atomic E-state index is 13.7. The molecule has 0 saturated carbocycles. The van der Waals surface area contributed by atoms with Gasteiger partial charge in [0.25, 0.3) is 0 Å². The molecule has 0 saturated heterocycles. The molecule has 1 unspecified atom stereocenters. The van der Waals surface area contributed by atoms with Gasteiger partial charge in [-0.25, -0.2) is 19.2 Å². The molecule has 158 valence electrons. The first-order valence-corrected chi connectivity index (χ1v) is 10.8. The summed E-state index contributed by atoms with van der Waals surface area (Å²) in [7, 11) is 1.56. The number of aliphatic carboxylic acids is 1. The molecule has 1 amide bonds. The third kappa shape index (κ3) is 4.29. The summed E-state index contributed by atoms with van der Waals surface area (Å²) < 4.78 is 14.1. The van der Waals surface area contributed by atoms with Crippen LogP contribution < -0.4 is 5.32 Å². The molecule has 0 fully saturated rings. The van der Waals surface area contributed by atoms with Crippen molar-refractivity contribution in [1.29, 1.82) is 0 Å². The van der Waals surface area contributed by atoms with E-state index in [1.165, 1.54) is 23.5 Å². The Morgan fingerprint density at radius 2 is 2.13 bits per heavy atom. The van der Waals surface area contributed by atoms with Crippen LogP contribution in [0, 0.1) is 5.82 Å². The topological polar surface area (TPSA) is 94.9 Å². The molecule has 1 atom stereocenters. The van der Waals surface area contributed by atoms with Gasteiger partial charge in [0.2, 0.25) is 5.91 Å². The average Bonchev–Trinajstić information content (AvgIpc) is 3.15. The Labute approximate surface area is 185 Å². The van der Waals surface area contributed by atoms with E-state index in [4.69, 9.17) is 0 Å². The molecule has 0 radical (unpaired) electrons. The molecular formula is C20H20BrFN4O3S. The number of aliphatic imine (C=N–C) groups is 1. The van der Waals surface area contributed by atoms with Crippen molar-refractivity contribution >= 4 is 45.0 Å². The van der Waals surface area contributed by atoms with E-state index in [0.717, 1.165) is 0 Å². The van der Waals surface area contributed by atoms with E-state index in [9.17, 15) is 19.1 Å². The second-order valence-corrected chi connectivity index (χ2v) is 8.30. The Kier molecular flexibility index (Phi) is 6.67. The van der Waals surface area contributed by atoms with Crippen molar-refractivity contribution < 1.29 is 19.1 Å². The molecule has 0 spiro atoms. The number of carboxylic acid groups (broad SMARTS) is 1. The molecule has 1 aromatic carbocycles. The van der Waals surface area contributed by atoms with Gasteiger partial charge >= 0.3 is 5.97 Å². The number of hydrogen-bond donors (Lipinski definition) is 2. The summed E-state index contributed by atoms with van der Waals surface area (Å²) in [5.74, 6) is -1.14. The van der Waals surface area contributed by atoms with Gasteiger partial charge in [0, 0.05) is 23.4 Å². The molecule has 0 bridgehead atoms. The van der Waals surface area contributed by atoms with Gasteiger partial charge in [-0.15, -0.1) is 11.3 Å². The fourth-order valence-corrected chi connectivity index (χ4v) is 4.71. The van der Waals surface area contributed by atoms with Crippen LogP contribution in [0.15, 0.2) is 44.3 Å². The number of carboxylic acids is 1. The Hall–Kier alpha value is -2.59. The zero-order chi connectivity index (χ0) is 22.0. The number of aromatic nitrogens is 1. The number of hydrogen-bond acceptors (Lipinski definition) is 6. The van der Waals surface area contributed by atoms with Gasteiger partial charge in [0.15, 0.2) is 10.8 Å². The maximum atomic E-state index is 13.7. The van der Waals surface area contributed by atoms with Gasteiger partial charge in [-0.3, -0.25) is 4.79 Å². The first-order chi connectivity index (χ1) is 14.3. The Balaban J connectivity index is 2.12. The number of amidine groups is 1. The van der Waals surface area contributed by atoms with E-state index in [1.54, 1.807) is 25.4 Å². The van der Waals surface area contributed by atoms with Crippen LogP contribution in [0.1, 0.15) is 36.2 Å². The van der Waals surface area contributed by atoms with Gasteiger partial charge in [-0.2, -0.15) is 0 Å². The highest BCUT2D eigenvalue weighted by atomic mass is 79.9. The molecule has 1 aliphatic rings. The summed E-state index contributed by atoms with van der Waals surface area (Å²) in [6.07, 6.45) is 0.147. The Morgan fingerprint density at radius 3 is 2.73 bits per heavy atom. The second-order valence-electron chi connectivity index (χ2n) is 6.59. The van der Waals surface area contributed by atoms with Crippen LogP contribution in [0.5, 0.6) is 0 Å². The van der Waals surface area contributed by atoms with E-state index < -0.39 is 17.8 Å². The maximum Gasteiger partial charge on any atom is 0.335 e. The number of rotatable bonds is 6. The monoisotopic (exact) mass is 494 g/mol. The van der Waals surface area contributed by atoms with Crippen molar-refractivity contribution in [1.82, 2.24) is 15.2 Å². The third-order valence-electron chi connectivity index (χ3n) is 4.71. The van der Waals surface area contributed by atoms with Crippen LogP contribution in [0.2, 0.25) is 0 Å². The van der Waals surface area contributed by atoms with Crippen LogP contribution in [-0.2, 0) is 16.0 Å². The predicted molar refractivity (Wildman–Crippen MR) is 116 cm³/mol. The molecule has 30 heavy (non-hydrogen) atoms. The highest BCUT2D eigenvalue weighted by Gasteiger charge is 2.37. The average molecular weight is 495 g/mol. The minimum Gasteiger partial charge on any atom is -0.478 e. The lowest BCUT2D eigenvalue weighted by Gasteiger charge is -2.37. The first-order valence-electron chi connectivity index (χ1n) is 9.16. The van der Waals surface area contributed by atoms with E-state index in [2.05, 4.69) is 31.2 Å². The minimum atomic E-state index is -1.09. The third-order valence-corrected chi connectivity index (χ3v) is 6.29. The number of halogens is 2. The lowest BCUT2D eigenvalue weighted by atomic mass is 9.93. The number of carbonyl (C=O) groups excluding carboxylic acids is 1. The van der Waals surface area contributed by atoms with Crippen LogP contribution in [0.25, 0.3) is 0 Å². The normalized spacial score (nSPS) is 16.5. The molecule has 3 rings (SSSR count). The molecule has 0 aliphatic carbocycles. The van der Waals surface area contributed by atoms with Crippen LogP contribution in [0.3, 0.4) is 0 Å². The number of allylic oxidation sites excluding steroid dienone is 1. The van der Waals surface area contributed by atoms with Crippen LogP contribution in [-0.4, -0.2) is 46.3 Å². The van der Waals surface area contributed by atoms with Crippen molar-refractivity contribution in [2.45, 2.75) is 26.3 Å². The molecule has 2 heterocycles. The van der Waals surface area contributed by atoms with Gasteiger partial charge in [-0.05, 0) is 31.5 Å². The SMILES string of the molecule is CCN1C(c2nc(CC(=O)NC)cs2)=NC(C)=C(C(=O)O)C1c1ccc(F)cc1Br. The van der Waals surface area contributed by atoms with E-state index in [0.29, 0.717) is 38.8 Å². The highest BCUT2D eigenvalue weighted by Crippen LogP contribution is 2.39. The molecule has 1 aliphatic heterocycles. The Bertz CT molecular complexity index is 1070. The van der Waals surface area contributed by atoms with Gasteiger partial charge in [0.05, 0.1) is 29.4 Å². The zero-order valence-corrected chi connectivity index (χ0v) is 19.0. The van der Waals surface area contributed by atoms with Crippen LogP contribution in [0.4, 0.5) is 4.39 Å². The molecular weight excluding hydrogens is 475 g/mol. The summed E-state index contributed by atoms with van der Waals surface area (Å²) in [6, 6.07) is 3.51. The number of benzene rings is 1. The first kappa shape index (κ1) is 22.1. The lowest BCUT2D eigenvalue weighted by Crippen LogP contribution is -2.41. The number of carbonyl (C=O) groups is 2. The summed E-state index contributed by atoms with van der Waals surface area (Å²) in [5, 5.41) is 14.8. The molecule has 1 aromatic heterocycles. The van der Waals surface area contributed by atoms with E-state index in [1.807, 2.05) is 11.8 Å². The highest BCUT2D eigenvalue weighted by molar-refractivity contribution is 9.10. The van der Waals surface area contributed by atoms with Crippen molar-refractivity contribution in [2.75, 3.05) is 13.6 Å². The summed E-state index contributed by atoms with van der Waals surface area (Å²) in [4.78, 5) is 34.7. The van der Waals surface area contributed by atoms with Gasteiger partial charge < -0.3 is 15.3 Å². The molecule has 10 heteroatoms. The van der Waals surface area contributed by atoms with E-state index in [-0.39, 0.29) is 17.9 Å². The smallest absolute Gasteiger partial charge is 0.335 e. The summed E-state index contributed by atoms with van der Waals surface area (Å²) in [6.45, 7) is 3.97. The number of likely N-dealkylation sites (N-methyl/N-ethyl adjacent to an activating group) is 2. The zero-order valence-electron chi connectivity index (χ0n) is 16.6. The summed E-state index contributed by atoms with van der Waals surface area (Å²) in [5.41, 5.74) is 1.70. The number of nitrogens with one attached hydrogen (secondary N) is 1. The van der Waals surface area contributed by atoms with Gasteiger partial charge in [0.1, 0.15) is 5.82 Å². The fraction of sp³-hybridized carbons (Fsp3) is 0.300. The quantitative estimate of drug-likeness (QED) is 0.640. The van der Waals surface area contributed by atoms with Crippen molar-refractivity contribution in [2.24, 2.45) is 4.99 Å². The lowest BCUT2D eigenvalue weighted by molar-refractivity contribution is -0.133. The fourth-order valence-electron chi connectivity index (χ4n) is 3.32. The standard InChI is InChI=1S/C20H20BrFN4O3S/c1-4-26-17(13-6-5-11(22)7-14(13)21)16(20(28)29)10(2)24-18(26)19-25-12(9-30-19)8-15(27)23-3/h5-7,9,17H,4,8H2,1-3H3,(H,23,27)(H,28,29). The van der Waals surface area contributed by atoms with Crippen molar-refractivity contribution in [3.8, 4) is 0 Å². The Morgan fingerprint density at radius 1 is 1.40 bits per heavy atom. The molecule has 2 aromatic rings. The number of thiazole rings is 1. The van der Waals surface area contributed by atoms with Crippen molar-refractivity contribution in [3.63, 3.8) is 0 Å². The second kappa shape index (κ2) is 9.05. The number of nitrogens with zero attached hydrogens (tertiary/aromatic N) is 3. The molecule has 7 nitrogen and oxygen atoms in total. The van der Waals surface area contributed by atoms with Crippen LogP contribution >= 0.6 is 27.3 Å². The number of amides is 1. The van der Waals surface area contributed by atoms with Crippen molar-refractivity contribution in [3.05, 3.63) is 61.4 Å². The molecule has 2 N–H and O–H groups in total. The summed E-state index contributed by atoms with van der Waals surface area (Å²) >= 11 is 4.71. The minimum absolute atomic E-state index is 0.120. The van der Waals surface area contributed by atoms with E-state index >= 15 is 0 Å². The largest absolute Gasteiger partial charge is 0.478 e. The predicted octanol–water partition coefficient (Wildman–Crippen LogP) is 3.52.